The molecule has 0 amide bonds. The Hall–Kier alpha value is -1.82. The molecule has 126 valence electrons. The molecule has 0 bridgehead atoms. The van der Waals surface area contributed by atoms with E-state index in [1.807, 2.05) is 36.5 Å². The third kappa shape index (κ3) is 2.83. The van der Waals surface area contributed by atoms with Gasteiger partial charge in [0.2, 0.25) is 0 Å². The van der Waals surface area contributed by atoms with Crippen LogP contribution in [0.3, 0.4) is 0 Å². The van der Waals surface area contributed by atoms with Gasteiger partial charge in [-0.25, -0.2) is 9.97 Å². The fourth-order valence-corrected chi connectivity index (χ4v) is 3.80. The maximum Gasteiger partial charge on any atom is 0.159 e. The van der Waals surface area contributed by atoms with E-state index >= 15 is 0 Å². The van der Waals surface area contributed by atoms with Gasteiger partial charge in [0.25, 0.3) is 0 Å². The number of hydrogen-bond donors (Lipinski definition) is 1. The monoisotopic (exact) mass is 325 g/mol. The van der Waals surface area contributed by atoms with Crippen LogP contribution in [0.15, 0.2) is 36.5 Å². The Kier molecular flexibility index (Phi) is 4.31. The fourth-order valence-electron chi connectivity index (χ4n) is 3.80. The van der Waals surface area contributed by atoms with Crippen molar-refractivity contribution in [1.82, 2.24) is 14.9 Å². The molecule has 1 aromatic carbocycles. The highest BCUT2D eigenvalue weighted by molar-refractivity contribution is 5.55. The molecule has 24 heavy (non-hydrogen) atoms. The van der Waals surface area contributed by atoms with Crippen LogP contribution in [0.1, 0.15) is 24.1 Å². The molecule has 5 nitrogen and oxygen atoms in total. The molecule has 2 aliphatic heterocycles. The van der Waals surface area contributed by atoms with Crippen molar-refractivity contribution in [1.29, 1.82) is 0 Å². The molecule has 1 spiro atoms. The Bertz CT molecular complexity index is 697. The molecule has 0 atom stereocenters. The second-order valence-corrected chi connectivity index (χ2v) is 6.59. The van der Waals surface area contributed by atoms with E-state index in [0.717, 1.165) is 62.6 Å². The van der Waals surface area contributed by atoms with Gasteiger partial charge in [0, 0.05) is 31.4 Å². The molecule has 2 aromatic rings. The molecule has 5 heteroatoms. The molecule has 0 unspecified atom stereocenters. The van der Waals surface area contributed by atoms with Crippen LogP contribution in [0, 0.1) is 0 Å². The number of benzene rings is 1. The van der Waals surface area contributed by atoms with Crippen molar-refractivity contribution in [2.45, 2.75) is 24.9 Å². The molecule has 3 heterocycles. The van der Waals surface area contributed by atoms with Gasteiger partial charge in [0.15, 0.2) is 5.82 Å². The maximum atomic E-state index is 9.15. The lowest BCUT2D eigenvalue weighted by molar-refractivity contribution is -0.102. The quantitative estimate of drug-likeness (QED) is 0.935. The first-order chi connectivity index (χ1) is 11.8. The number of aliphatic hydroxyl groups is 1. The van der Waals surface area contributed by atoms with Crippen molar-refractivity contribution in [3.05, 3.63) is 47.8 Å². The summed E-state index contributed by atoms with van der Waals surface area (Å²) < 4.78 is 6.27. The summed E-state index contributed by atoms with van der Waals surface area (Å²) in [5.74, 6) is 0.775. The SMILES string of the molecule is OCCN1CCC2(CC1)OCCc1cnc(-c3ccccc3)nc12. The van der Waals surface area contributed by atoms with Crippen LogP contribution in [0.4, 0.5) is 0 Å². The molecule has 0 aliphatic carbocycles. The van der Waals surface area contributed by atoms with E-state index in [0.29, 0.717) is 0 Å². The number of nitrogens with zero attached hydrogens (tertiary/aromatic N) is 3. The Morgan fingerprint density at radius 2 is 1.96 bits per heavy atom. The van der Waals surface area contributed by atoms with Gasteiger partial charge in [0.1, 0.15) is 5.60 Å². The van der Waals surface area contributed by atoms with Gasteiger partial charge in [-0.15, -0.1) is 0 Å². The molecule has 1 saturated heterocycles. The summed E-state index contributed by atoms with van der Waals surface area (Å²) >= 11 is 0. The van der Waals surface area contributed by atoms with E-state index in [4.69, 9.17) is 14.8 Å². The first-order valence-electron chi connectivity index (χ1n) is 8.70. The van der Waals surface area contributed by atoms with Crippen molar-refractivity contribution >= 4 is 0 Å². The molecule has 1 N–H and O–H groups in total. The lowest BCUT2D eigenvalue weighted by atomic mass is 9.83. The number of ether oxygens (including phenoxy) is 1. The van der Waals surface area contributed by atoms with Crippen LogP contribution in [0.25, 0.3) is 11.4 Å². The number of fused-ring (bicyclic) bond motifs is 2. The Labute approximate surface area is 142 Å². The lowest BCUT2D eigenvalue weighted by Crippen LogP contribution is -2.47. The number of aliphatic hydroxyl groups excluding tert-OH is 1. The average molecular weight is 325 g/mol. The third-order valence-electron chi connectivity index (χ3n) is 5.16. The predicted octanol–water partition coefficient (Wildman–Crippen LogP) is 2.00. The normalized spacial score (nSPS) is 20.0. The Balaban J connectivity index is 1.67. The summed E-state index contributed by atoms with van der Waals surface area (Å²) in [6.07, 6.45) is 4.71. The van der Waals surface area contributed by atoms with E-state index in [9.17, 15) is 0 Å². The lowest BCUT2D eigenvalue weighted by Gasteiger charge is -2.44. The third-order valence-corrected chi connectivity index (χ3v) is 5.16. The van der Waals surface area contributed by atoms with Crippen molar-refractivity contribution in [2.24, 2.45) is 0 Å². The van der Waals surface area contributed by atoms with Crippen molar-refractivity contribution in [3.63, 3.8) is 0 Å². The fraction of sp³-hybridized carbons (Fsp3) is 0.474. The summed E-state index contributed by atoms with van der Waals surface area (Å²) in [6, 6.07) is 10.1. The Morgan fingerprint density at radius 1 is 1.17 bits per heavy atom. The topological polar surface area (TPSA) is 58.5 Å². The van der Waals surface area contributed by atoms with Crippen molar-refractivity contribution in [3.8, 4) is 11.4 Å². The minimum atomic E-state index is -0.286. The summed E-state index contributed by atoms with van der Waals surface area (Å²) in [6.45, 7) is 3.56. The number of β-amino-alcohol motifs (C(OH)–C–C–N with tert-alkyl or cyclic N) is 1. The average Bonchev–Trinajstić information content (AvgIpc) is 2.65. The largest absolute Gasteiger partial charge is 0.395 e. The zero-order chi connectivity index (χ0) is 16.4. The summed E-state index contributed by atoms with van der Waals surface area (Å²) in [5.41, 5.74) is 3.05. The molecular formula is C19H23N3O2. The van der Waals surface area contributed by atoms with Gasteiger partial charge in [-0.05, 0) is 24.8 Å². The maximum absolute atomic E-state index is 9.15. The molecular weight excluding hydrogens is 302 g/mol. The minimum Gasteiger partial charge on any atom is -0.395 e. The van der Waals surface area contributed by atoms with Gasteiger partial charge in [0.05, 0.1) is 18.9 Å². The molecule has 4 rings (SSSR count). The number of rotatable bonds is 3. The molecule has 2 aliphatic rings. The highest BCUT2D eigenvalue weighted by Gasteiger charge is 2.42. The van der Waals surface area contributed by atoms with Crippen LogP contribution < -0.4 is 0 Å². The van der Waals surface area contributed by atoms with Crippen LogP contribution >= 0.6 is 0 Å². The van der Waals surface area contributed by atoms with E-state index < -0.39 is 0 Å². The predicted molar refractivity (Wildman–Crippen MR) is 91.6 cm³/mol. The highest BCUT2D eigenvalue weighted by atomic mass is 16.5. The Morgan fingerprint density at radius 3 is 2.71 bits per heavy atom. The second-order valence-electron chi connectivity index (χ2n) is 6.59. The highest BCUT2D eigenvalue weighted by Crippen LogP contribution is 2.40. The summed E-state index contributed by atoms with van der Waals surface area (Å²) in [7, 11) is 0. The van der Waals surface area contributed by atoms with Gasteiger partial charge >= 0.3 is 0 Å². The number of aromatic nitrogens is 2. The second kappa shape index (κ2) is 6.59. The first-order valence-corrected chi connectivity index (χ1v) is 8.70. The van der Waals surface area contributed by atoms with Crippen molar-refractivity contribution in [2.75, 3.05) is 32.8 Å². The smallest absolute Gasteiger partial charge is 0.159 e. The number of likely N-dealkylation sites (tertiary alicyclic amines) is 1. The summed E-state index contributed by atoms with van der Waals surface area (Å²) in [4.78, 5) is 11.8. The summed E-state index contributed by atoms with van der Waals surface area (Å²) in [5, 5.41) is 9.15. The standard InChI is InChI=1S/C19H23N3O2/c23-12-11-22-9-7-19(8-10-22)17-16(6-13-24-19)14-20-18(21-17)15-4-2-1-3-5-15/h1-5,14,23H,6-13H2. The van der Waals surface area contributed by atoms with Crippen LogP contribution in [0.5, 0.6) is 0 Å². The minimum absolute atomic E-state index is 0.213. The van der Waals surface area contributed by atoms with Gasteiger partial charge in [-0.3, -0.25) is 0 Å². The van der Waals surface area contributed by atoms with Crippen LogP contribution in [0.2, 0.25) is 0 Å². The molecule has 0 radical (unpaired) electrons. The van der Waals surface area contributed by atoms with Crippen LogP contribution in [-0.2, 0) is 16.8 Å². The van der Waals surface area contributed by atoms with E-state index in [-0.39, 0.29) is 12.2 Å². The van der Waals surface area contributed by atoms with Crippen LogP contribution in [-0.4, -0.2) is 52.8 Å². The molecule has 1 fully saturated rings. The van der Waals surface area contributed by atoms with Crippen molar-refractivity contribution < 1.29 is 9.84 Å². The molecule has 0 saturated carbocycles. The zero-order valence-electron chi connectivity index (χ0n) is 13.8. The number of piperidine rings is 1. The van der Waals surface area contributed by atoms with E-state index in [1.165, 1.54) is 5.56 Å². The zero-order valence-corrected chi connectivity index (χ0v) is 13.8. The van der Waals surface area contributed by atoms with E-state index in [1.54, 1.807) is 0 Å². The first kappa shape index (κ1) is 15.7. The van der Waals surface area contributed by atoms with E-state index in [2.05, 4.69) is 9.88 Å². The van der Waals surface area contributed by atoms with Gasteiger partial charge in [-0.1, -0.05) is 30.3 Å². The van der Waals surface area contributed by atoms with Gasteiger partial charge < -0.3 is 14.7 Å². The number of hydrogen-bond acceptors (Lipinski definition) is 5. The molecule has 1 aromatic heterocycles. The van der Waals surface area contributed by atoms with Gasteiger partial charge in [-0.2, -0.15) is 0 Å².